The zero-order chi connectivity index (χ0) is 20.9. The molecule has 1 aliphatic heterocycles. The number of primary amides is 1. The highest BCUT2D eigenvalue weighted by Crippen LogP contribution is 2.33. The van der Waals surface area contributed by atoms with Crippen molar-refractivity contribution in [1.29, 1.82) is 0 Å². The average Bonchev–Trinajstić information content (AvgIpc) is 3.04. The molecule has 0 unspecified atom stereocenters. The van der Waals surface area contributed by atoms with Gasteiger partial charge in [-0.2, -0.15) is 0 Å². The number of nitrogens with zero attached hydrogens (tertiary/aromatic N) is 3. The molecule has 1 aliphatic rings. The van der Waals surface area contributed by atoms with Crippen molar-refractivity contribution in [2.45, 2.75) is 26.4 Å². The third kappa shape index (κ3) is 3.26. The van der Waals surface area contributed by atoms with Gasteiger partial charge in [-0.25, -0.2) is 9.36 Å². The number of nitrogens with two attached hydrogens (primary N) is 1. The number of hydrogen-bond acceptors (Lipinski definition) is 5. The highest BCUT2D eigenvalue weighted by atomic mass is 35.5. The van der Waals surface area contributed by atoms with Crippen LogP contribution >= 0.6 is 22.9 Å². The lowest BCUT2D eigenvalue weighted by Crippen LogP contribution is -2.41. The molecule has 150 valence electrons. The molecule has 3 heterocycles. The third-order valence-corrected chi connectivity index (χ3v) is 6.42. The van der Waals surface area contributed by atoms with E-state index in [2.05, 4.69) is 0 Å². The van der Waals surface area contributed by atoms with E-state index in [9.17, 15) is 19.2 Å². The average molecular weight is 433 g/mol. The van der Waals surface area contributed by atoms with E-state index in [0.717, 1.165) is 15.0 Å². The van der Waals surface area contributed by atoms with Crippen molar-refractivity contribution < 1.29 is 9.59 Å². The van der Waals surface area contributed by atoms with Crippen LogP contribution in [0.5, 0.6) is 0 Å². The smallest absolute Gasteiger partial charge is 0.337 e. The van der Waals surface area contributed by atoms with Crippen LogP contribution in [-0.2, 0) is 29.1 Å². The zero-order valence-corrected chi connectivity index (χ0v) is 17.0. The molecule has 2 aromatic heterocycles. The second-order valence-corrected chi connectivity index (χ2v) is 8.35. The summed E-state index contributed by atoms with van der Waals surface area (Å²) in [4.78, 5) is 52.8. The van der Waals surface area contributed by atoms with Crippen LogP contribution in [0, 0.1) is 0 Å². The molecule has 1 aromatic carbocycles. The van der Waals surface area contributed by atoms with Gasteiger partial charge in [0, 0.05) is 23.4 Å². The van der Waals surface area contributed by atoms with Gasteiger partial charge in [-0.1, -0.05) is 17.7 Å². The number of thiophene rings is 1. The molecular weight excluding hydrogens is 416 g/mol. The number of carbonyl (C=O) groups excluding carboxylic acids is 2. The summed E-state index contributed by atoms with van der Waals surface area (Å²) in [6.45, 7) is 1.99. The van der Waals surface area contributed by atoms with Gasteiger partial charge in [0.05, 0.1) is 17.6 Å². The quantitative estimate of drug-likeness (QED) is 0.672. The first-order valence-corrected chi connectivity index (χ1v) is 10.1. The molecule has 8 nitrogen and oxygen atoms in total. The molecule has 29 heavy (non-hydrogen) atoms. The fourth-order valence-corrected chi connectivity index (χ4v) is 5.14. The van der Waals surface area contributed by atoms with Gasteiger partial charge in [0.15, 0.2) is 0 Å². The Morgan fingerprint density at radius 1 is 1.28 bits per heavy atom. The van der Waals surface area contributed by atoms with E-state index in [1.54, 1.807) is 23.1 Å². The monoisotopic (exact) mass is 432 g/mol. The lowest BCUT2D eigenvalue weighted by atomic mass is 10.1. The molecule has 2 N–H and O–H groups in total. The minimum absolute atomic E-state index is 0.0565. The lowest BCUT2D eigenvalue weighted by Gasteiger charge is -2.25. The van der Waals surface area contributed by atoms with Crippen LogP contribution in [0.2, 0.25) is 5.02 Å². The standard InChI is InChI=1S/C19H17ClN4O4S/c1-10(25)22-6-5-13-14(8-22)29-18-16(13)17(27)24(12-4-2-3-11(20)7-12)19(28)23(18)9-15(21)26/h2-4,7H,5-6,8-9H2,1H3,(H2,21,26). The molecule has 10 heteroatoms. The van der Waals surface area contributed by atoms with E-state index in [1.807, 2.05) is 0 Å². The summed E-state index contributed by atoms with van der Waals surface area (Å²) < 4.78 is 2.24. The van der Waals surface area contributed by atoms with Gasteiger partial charge in [0.2, 0.25) is 11.8 Å². The summed E-state index contributed by atoms with van der Waals surface area (Å²) in [5.74, 6) is -0.750. The summed E-state index contributed by atoms with van der Waals surface area (Å²) in [6.07, 6.45) is 0.495. The summed E-state index contributed by atoms with van der Waals surface area (Å²) in [5.41, 5.74) is 5.35. The molecule has 0 saturated carbocycles. The van der Waals surface area contributed by atoms with E-state index in [4.69, 9.17) is 17.3 Å². The second-order valence-electron chi connectivity index (χ2n) is 6.83. The Morgan fingerprint density at radius 2 is 2.03 bits per heavy atom. The summed E-state index contributed by atoms with van der Waals surface area (Å²) >= 11 is 7.29. The number of benzene rings is 1. The van der Waals surface area contributed by atoms with Crippen molar-refractivity contribution in [3.63, 3.8) is 0 Å². The predicted octanol–water partition coefficient (Wildman–Crippen LogP) is 1.26. The maximum absolute atomic E-state index is 13.4. The molecule has 0 aliphatic carbocycles. The van der Waals surface area contributed by atoms with Gasteiger partial charge in [-0.15, -0.1) is 11.3 Å². The molecule has 2 amide bonds. The van der Waals surface area contributed by atoms with E-state index < -0.39 is 17.2 Å². The fourth-order valence-electron chi connectivity index (χ4n) is 3.61. The molecule has 0 fully saturated rings. The normalized spacial score (nSPS) is 13.5. The molecule has 0 spiro atoms. The van der Waals surface area contributed by atoms with Crippen LogP contribution in [-0.4, -0.2) is 32.4 Å². The number of fused-ring (bicyclic) bond motifs is 3. The van der Waals surface area contributed by atoms with Crippen molar-refractivity contribution in [2.75, 3.05) is 6.54 Å². The van der Waals surface area contributed by atoms with Gasteiger partial charge in [-0.3, -0.25) is 19.0 Å². The number of carbonyl (C=O) groups is 2. The molecule has 0 saturated heterocycles. The lowest BCUT2D eigenvalue weighted by molar-refractivity contribution is -0.129. The molecule has 0 atom stereocenters. The Morgan fingerprint density at radius 3 is 2.69 bits per heavy atom. The van der Waals surface area contributed by atoms with Crippen LogP contribution in [0.15, 0.2) is 33.9 Å². The van der Waals surface area contributed by atoms with E-state index in [0.29, 0.717) is 40.4 Å². The first-order valence-electron chi connectivity index (χ1n) is 8.87. The van der Waals surface area contributed by atoms with Gasteiger partial charge in [-0.05, 0) is 30.2 Å². The maximum atomic E-state index is 13.4. The van der Waals surface area contributed by atoms with E-state index in [1.165, 1.54) is 28.9 Å². The SMILES string of the molecule is CC(=O)N1CCc2c(sc3c2c(=O)n(-c2cccc(Cl)c2)c(=O)n3CC(N)=O)C1. The zero-order valence-electron chi connectivity index (χ0n) is 15.5. The largest absolute Gasteiger partial charge is 0.368 e. The van der Waals surface area contributed by atoms with Gasteiger partial charge >= 0.3 is 5.69 Å². The Bertz CT molecular complexity index is 1290. The Labute approximate surface area is 173 Å². The maximum Gasteiger partial charge on any atom is 0.337 e. The molecular formula is C19H17ClN4O4S. The van der Waals surface area contributed by atoms with Gasteiger partial charge in [0.1, 0.15) is 11.4 Å². The van der Waals surface area contributed by atoms with Crippen LogP contribution in [0.1, 0.15) is 17.4 Å². The summed E-state index contributed by atoms with van der Waals surface area (Å²) in [6, 6.07) is 6.39. The predicted molar refractivity (Wildman–Crippen MR) is 111 cm³/mol. The van der Waals surface area contributed by atoms with Crippen molar-refractivity contribution in [2.24, 2.45) is 5.73 Å². The van der Waals surface area contributed by atoms with Crippen molar-refractivity contribution in [3.8, 4) is 5.69 Å². The Balaban J connectivity index is 2.06. The first-order chi connectivity index (χ1) is 13.8. The van der Waals surface area contributed by atoms with Gasteiger partial charge < -0.3 is 10.6 Å². The number of aromatic nitrogens is 2. The number of amides is 2. The minimum atomic E-state index is -0.693. The third-order valence-electron chi connectivity index (χ3n) is 4.95. The van der Waals surface area contributed by atoms with Gasteiger partial charge in [0.25, 0.3) is 5.56 Å². The molecule has 4 rings (SSSR count). The van der Waals surface area contributed by atoms with E-state index >= 15 is 0 Å². The summed E-state index contributed by atoms with van der Waals surface area (Å²) in [5, 5.41) is 0.758. The number of hydrogen-bond donors (Lipinski definition) is 1. The molecule has 0 bridgehead atoms. The fraction of sp³-hybridized carbons (Fsp3) is 0.263. The van der Waals surface area contributed by atoms with Crippen molar-refractivity contribution in [3.05, 3.63) is 60.6 Å². The van der Waals surface area contributed by atoms with Crippen LogP contribution in [0.4, 0.5) is 0 Å². The summed E-state index contributed by atoms with van der Waals surface area (Å²) in [7, 11) is 0. The van der Waals surface area contributed by atoms with Crippen LogP contribution in [0.3, 0.4) is 0 Å². The first kappa shape index (κ1) is 19.4. The van der Waals surface area contributed by atoms with E-state index in [-0.39, 0.29) is 12.5 Å². The van der Waals surface area contributed by atoms with Crippen molar-refractivity contribution >= 4 is 45.0 Å². The topological polar surface area (TPSA) is 107 Å². The number of halogens is 1. The minimum Gasteiger partial charge on any atom is -0.368 e. The number of rotatable bonds is 3. The highest BCUT2D eigenvalue weighted by molar-refractivity contribution is 7.18. The molecule has 3 aromatic rings. The second kappa shape index (κ2) is 7.16. The Kier molecular flexibility index (Phi) is 4.79. The molecule has 0 radical (unpaired) electrons. The highest BCUT2D eigenvalue weighted by Gasteiger charge is 2.27. The van der Waals surface area contributed by atoms with Crippen LogP contribution in [0.25, 0.3) is 15.9 Å². The van der Waals surface area contributed by atoms with Crippen LogP contribution < -0.4 is 17.0 Å². The van der Waals surface area contributed by atoms with Crippen molar-refractivity contribution in [1.82, 2.24) is 14.0 Å². The Hall–Kier alpha value is -2.91.